The molecule has 72 valence electrons. The number of hydrogen-bond acceptors (Lipinski definition) is 3. The van der Waals surface area contributed by atoms with Crippen molar-refractivity contribution in [1.82, 2.24) is 4.72 Å². The second kappa shape index (κ2) is 4.42. The topological polar surface area (TPSA) is 83.5 Å². The lowest BCUT2D eigenvalue weighted by Crippen LogP contribution is -2.39. The van der Waals surface area contributed by atoms with Gasteiger partial charge in [-0.2, -0.15) is 0 Å². The molecule has 0 aliphatic rings. The lowest BCUT2D eigenvalue weighted by Gasteiger charge is -2.08. The number of nitrogens with one attached hydrogen (secondary N) is 1. The highest BCUT2D eigenvalue weighted by molar-refractivity contribution is 7.89. The van der Waals surface area contributed by atoms with Crippen LogP contribution in [0.15, 0.2) is 0 Å². The van der Waals surface area contributed by atoms with E-state index < -0.39 is 22.0 Å². The summed E-state index contributed by atoms with van der Waals surface area (Å²) in [6.07, 6.45) is 0.474. The van der Waals surface area contributed by atoms with Gasteiger partial charge in [-0.1, -0.05) is 6.92 Å². The van der Waals surface area contributed by atoms with Crippen molar-refractivity contribution in [3.05, 3.63) is 0 Å². The minimum absolute atomic E-state index is 0.0371. The summed E-state index contributed by atoms with van der Waals surface area (Å²) in [6, 6.07) is -1.05. The van der Waals surface area contributed by atoms with Crippen LogP contribution in [0.5, 0.6) is 0 Å². The fraction of sp³-hybridized carbons (Fsp3) is 0.833. The van der Waals surface area contributed by atoms with E-state index in [-0.39, 0.29) is 5.75 Å². The molecule has 0 fully saturated rings. The molecule has 1 atom stereocenters. The molecule has 12 heavy (non-hydrogen) atoms. The zero-order chi connectivity index (χ0) is 9.78. The standard InChI is InChI=1S/C6H13NO4S/c1-3-4-12(10,11)7-5(2)6(8)9/h5,7H,3-4H2,1-2H3,(H,8,9)/t5-/m0/s1. The van der Waals surface area contributed by atoms with Crippen molar-refractivity contribution >= 4 is 16.0 Å². The van der Waals surface area contributed by atoms with Crippen LogP contribution in [0.25, 0.3) is 0 Å². The molecule has 0 amide bonds. The third-order valence-corrected chi connectivity index (χ3v) is 2.86. The van der Waals surface area contributed by atoms with Gasteiger partial charge in [-0.3, -0.25) is 4.79 Å². The van der Waals surface area contributed by atoms with Gasteiger partial charge in [-0.15, -0.1) is 0 Å². The molecule has 0 radical (unpaired) electrons. The monoisotopic (exact) mass is 195 g/mol. The van der Waals surface area contributed by atoms with E-state index in [0.717, 1.165) is 0 Å². The number of aliphatic carboxylic acids is 1. The summed E-state index contributed by atoms with van der Waals surface area (Å²) in [5.74, 6) is -1.21. The van der Waals surface area contributed by atoms with Crippen LogP contribution in [-0.2, 0) is 14.8 Å². The molecule has 0 aliphatic heterocycles. The Balaban J connectivity index is 4.16. The third-order valence-electron chi connectivity index (χ3n) is 1.20. The minimum atomic E-state index is -3.41. The minimum Gasteiger partial charge on any atom is -0.480 e. The molecule has 2 N–H and O–H groups in total. The van der Waals surface area contributed by atoms with Gasteiger partial charge >= 0.3 is 5.97 Å². The predicted molar refractivity (Wildman–Crippen MR) is 44.3 cm³/mol. The molecule has 0 spiro atoms. The van der Waals surface area contributed by atoms with Gasteiger partial charge in [0.25, 0.3) is 0 Å². The van der Waals surface area contributed by atoms with Crippen LogP contribution >= 0.6 is 0 Å². The van der Waals surface area contributed by atoms with Gasteiger partial charge in [0.1, 0.15) is 6.04 Å². The average molecular weight is 195 g/mol. The fourth-order valence-electron chi connectivity index (χ4n) is 0.647. The molecule has 0 unspecified atom stereocenters. The molecule has 0 aromatic heterocycles. The molecule has 0 saturated heterocycles. The highest BCUT2D eigenvalue weighted by atomic mass is 32.2. The maximum absolute atomic E-state index is 11.0. The van der Waals surface area contributed by atoms with Crippen molar-refractivity contribution in [2.24, 2.45) is 0 Å². The van der Waals surface area contributed by atoms with Crippen molar-refractivity contribution in [2.45, 2.75) is 26.3 Å². The molecule has 0 heterocycles. The quantitative estimate of drug-likeness (QED) is 0.635. The number of carboxylic acids is 1. The van der Waals surface area contributed by atoms with Crippen molar-refractivity contribution in [1.29, 1.82) is 0 Å². The molecule has 0 aromatic carbocycles. The maximum Gasteiger partial charge on any atom is 0.321 e. The zero-order valence-corrected chi connectivity index (χ0v) is 7.89. The summed E-state index contributed by atoms with van der Waals surface area (Å²) in [6.45, 7) is 3.00. The first-order chi connectivity index (χ1) is 5.39. The lowest BCUT2D eigenvalue weighted by atomic mass is 10.4. The Hall–Kier alpha value is -0.620. The third kappa shape index (κ3) is 4.30. The molecule has 5 nitrogen and oxygen atoms in total. The van der Waals surface area contributed by atoms with E-state index in [1.54, 1.807) is 6.92 Å². The first kappa shape index (κ1) is 11.4. The first-order valence-electron chi connectivity index (χ1n) is 3.62. The summed E-state index contributed by atoms with van der Waals surface area (Å²) in [5, 5.41) is 8.39. The summed E-state index contributed by atoms with van der Waals surface area (Å²) in [7, 11) is -3.41. The summed E-state index contributed by atoms with van der Waals surface area (Å²) < 4.78 is 24.0. The maximum atomic E-state index is 11.0. The SMILES string of the molecule is CCCS(=O)(=O)N[C@@H](C)C(=O)O. The van der Waals surface area contributed by atoms with Crippen LogP contribution < -0.4 is 4.72 Å². The molecule has 6 heteroatoms. The van der Waals surface area contributed by atoms with Gasteiger partial charge in [0.05, 0.1) is 5.75 Å². The van der Waals surface area contributed by atoms with E-state index in [9.17, 15) is 13.2 Å². The number of rotatable bonds is 5. The molecule has 0 saturated carbocycles. The zero-order valence-electron chi connectivity index (χ0n) is 7.07. The predicted octanol–water partition coefficient (Wildman–Crippen LogP) is -0.211. The van der Waals surface area contributed by atoms with Crippen LogP contribution in [0, 0.1) is 0 Å². The fourth-order valence-corrected chi connectivity index (χ4v) is 1.94. The van der Waals surface area contributed by atoms with E-state index in [2.05, 4.69) is 0 Å². The smallest absolute Gasteiger partial charge is 0.321 e. The molecule has 0 aliphatic carbocycles. The molecular weight excluding hydrogens is 182 g/mol. The van der Waals surface area contributed by atoms with E-state index in [1.807, 2.05) is 4.72 Å². The Labute approximate surface area is 71.8 Å². The van der Waals surface area contributed by atoms with E-state index in [1.165, 1.54) is 6.92 Å². The van der Waals surface area contributed by atoms with Crippen molar-refractivity contribution < 1.29 is 18.3 Å². The second-order valence-corrected chi connectivity index (χ2v) is 4.37. The highest BCUT2D eigenvalue weighted by Crippen LogP contribution is 1.91. The Bertz CT molecular complexity index is 246. The Morgan fingerprint density at radius 3 is 2.42 bits per heavy atom. The molecule has 0 aromatic rings. The van der Waals surface area contributed by atoms with Crippen LogP contribution in [0.4, 0.5) is 0 Å². The normalized spacial score (nSPS) is 14.2. The number of carboxylic acid groups (broad SMARTS) is 1. The largest absolute Gasteiger partial charge is 0.480 e. The van der Waals surface area contributed by atoms with Gasteiger partial charge in [-0.25, -0.2) is 13.1 Å². The Morgan fingerprint density at radius 2 is 2.08 bits per heavy atom. The summed E-state index contributed by atoms with van der Waals surface area (Å²) in [4.78, 5) is 10.3. The van der Waals surface area contributed by atoms with Crippen LogP contribution in [0.1, 0.15) is 20.3 Å². The average Bonchev–Trinajstić information content (AvgIpc) is 1.85. The second-order valence-electron chi connectivity index (χ2n) is 2.50. The van der Waals surface area contributed by atoms with Gasteiger partial charge in [0.2, 0.25) is 10.0 Å². The van der Waals surface area contributed by atoms with Crippen LogP contribution in [-0.4, -0.2) is 31.3 Å². The lowest BCUT2D eigenvalue weighted by molar-refractivity contribution is -0.138. The van der Waals surface area contributed by atoms with E-state index >= 15 is 0 Å². The van der Waals surface area contributed by atoms with Crippen molar-refractivity contribution in [2.75, 3.05) is 5.75 Å². The van der Waals surface area contributed by atoms with Gasteiger partial charge < -0.3 is 5.11 Å². The Morgan fingerprint density at radius 1 is 1.58 bits per heavy atom. The van der Waals surface area contributed by atoms with Gasteiger partial charge in [-0.05, 0) is 13.3 Å². The molecular formula is C6H13NO4S. The summed E-state index contributed by atoms with van der Waals surface area (Å²) >= 11 is 0. The first-order valence-corrected chi connectivity index (χ1v) is 5.27. The summed E-state index contributed by atoms with van der Waals surface area (Å²) in [5.41, 5.74) is 0. The van der Waals surface area contributed by atoms with E-state index in [0.29, 0.717) is 6.42 Å². The van der Waals surface area contributed by atoms with Crippen LogP contribution in [0.3, 0.4) is 0 Å². The van der Waals surface area contributed by atoms with E-state index in [4.69, 9.17) is 5.11 Å². The van der Waals surface area contributed by atoms with Gasteiger partial charge in [0, 0.05) is 0 Å². The van der Waals surface area contributed by atoms with Crippen molar-refractivity contribution in [3.63, 3.8) is 0 Å². The number of carbonyl (C=O) groups is 1. The number of hydrogen-bond donors (Lipinski definition) is 2. The number of sulfonamides is 1. The van der Waals surface area contributed by atoms with Crippen LogP contribution in [0.2, 0.25) is 0 Å². The van der Waals surface area contributed by atoms with Gasteiger partial charge in [0.15, 0.2) is 0 Å². The molecule has 0 bridgehead atoms. The van der Waals surface area contributed by atoms with Crippen molar-refractivity contribution in [3.8, 4) is 0 Å². The highest BCUT2D eigenvalue weighted by Gasteiger charge is 2.17. The molecule has 0 rings (SSSR count). The Kier molecular flexibility index (Phi) is 4.19.